The summed E-state index contributed by atoms with van der Waals surface area (Å²) >= 11 is 0. The van der Waals surface area contributed by atoms with E-state index in [2.05, 4.69) is 5.32 Å². The molecule has 0 bridgehead atoms. The van der Waals surface area contributed by atoms with E-state index < -0.39 is 6.10 Å². The minimum atomic E-state index is -0.497. The molecule has 5 heteroatoms. The zero-order valence-corrected chi connectivity index (χ0v) is 10.8. The lowest BCUT2D eigenvalue weighted by Crippen LogP contribution is -2.37. The fraction of sp³-hybridized carbons (Fsp3) is 0.462. The highest BCUT2D eigenvalue weighted by Crippen LogP contribution is 2.13. The summed E-state index contributed by atoms with van der Waals surface area (Å²) in [5.41, 5.74) is 6.27. The summed E-state index contributed by atoms with van der Waals surface area (Å²) in [4.78, 5) is 11.5. The van der Waals surface area contributed by atoms with Crippen LogP contribution in [0.1, 0.15) is 12.5 Å². The van der Waals surface area contributed by atoms with Crippen molar-refractivity contribution in [3.8, 4) is 5.75 Å². The second kappa shape index (κ2) is 7.68. The van der Waals surface area contributed by atoms with Crippen LogP contribution in [-0.4, -0.2) is 32.2 Å². The Kier molecular flexibility index (Phi) is 6.18. The van der Waals surface area contributed by atoms with Crippen LogP contribution in [0.2, 0.25) is 0 Å². The van der Waals surface area contributed by atoms with Crippen LogP contribution in [0.25, 0.3) is 0 Å². The SMILES string of the molecule is COc1cccc(COC(C)C(=O)NCCN)c1. The highest BCUT2D eigenvalue weighted by Gasteiger charge is 2.12. The summed E-state index contributed by atoms with van der Waals surface area (Å²) in [6.45, 7) is 2.97. The Bertz CT molecular complexity index is 382. The Morgan fingerprint density at radius 3 is 2.94 bits per heavy atom. The Morgan fingerprint density at radius 1 is 1.50 bits per heavy atom. The van der Waals surface area contributed by atoms with Crippen LogP contribution >= 0.6 is 0 Å². The molecule has 0 spiro atoms. The van der Waals surface area contributed by atoms with Crippen LogP contribution < -0.4 is 15.8 Å². The highest BCUT2D eigenvalue weighted by molar-refractivity contribution is 5.80. The zero-order chi connectivity index (χ0) is 13.4. The molecule has 0 fully saturated rings. The lowest BCUT2D eigenvalue weighted by atomic mass is 10.2. The van der Waals surface area contributed by atoms with E-state index in [4.69, 9.17) is 15.2 Å². The number of hydrogen-bond donors (Lipinski definition) is 2. The van der Waals surface area contributed by atoms with Crippen molar-refractivity contribution in [2.45, 2.75) is 19.6 Å². The van der Waals surface area contributed by atoms with Gasteiger partial charge in [-0.2, -0.15) is 0 Å². The van der Waals surface area contributed by atoms with Crippen LogP contribution in [0.3, 0.4) is 0 Å². The molecule has 1 aromatic rings. The average Bonchev–Trinajstić information content (AvgIpc) is 2.42. The van der Waals surface area contributed by atoms with E-state index >= 15 is 0 Å². The molecule has 1 atom stereocenters. The first-order chi connectivity index (χ1) is 8.67. The number of nitrogens with two attached hydrogens (primary N) is 1. The topological polar surface area (TPSA) is 73.6 Å². The summed E-state index contributed by atoms with van der Waals surface area (Å²) in [6.07, 6.45) is -0.497. The molecule has 1 rings (SSSR count). The third-order valence-corrected chi connectivity index (χ3v) is 2.45. The van der Waals surface area contributed by atoms with Gasteiger partial charge in [-0.25, -0.2) is 0 Å². The number of ether oxygens (including phenoxy) is 2. The van der Waals surface area contributed by atoms with Crippen LogP contribution in [0.5, 0.6) is 5.75 Å². The van der Waals surface area contributed by atoms with Gasteiger partial charge < -0.3 is 20.5 Å². The average molecular weight is 252 g/mol. The molecule has 0 aliphatic rings. The second-order valence-corrected chi connectivity index (χ2v) is 3.88. The molecular weight excluding hydrogens is 232 g/mol. The Morgan fingerprint density at radius 2 is 2.28 bits per heavy atom. The maximum Gasteiger partial charge on any atom is 0.248 e. The van der Waals surface area contributed by atoms with Crippen molar-refractivity contribution in [1.82, 2.24) is 5.32 Å². The van der Waals surface area contributed by atoms with Gasteiger partial charge in [0, 0.05) is 13.1 Å². The smallest absolute Gasteiger partial charge is 0.248 e. The van der Waals surface area contributed by atoms with Crippen molar-refractivity contribution in [3.63, 3.8) is 0 Å². The van der Waals surface area contributed by atoms with Gasteiger partial charge in [0.15, 0.2) is 0 Å². The quantitative estimate of drug-likeness (QED) is 0.748. The van der Waals surface area contributed by atoms with Crippen molar-refractivity contribution in [2.75, 3.05) is 20.2 Å². The van der Waals surface area contributed by atoms with Gasteiger partial charge in [-0.15, -0.1) is 0 Å². The van der Waals surface area contributed by atoms with Crippen molar-refractivity contribution in [1.29, 1.82) is 0 Å². The van der Waals surface area contributed by atoms with E-state index in [0.29, 0.717) is 19.7 Å². The minimum absolute atomic E-state index is 0.150. The van der Waals surface area contributed by atoms with Crippen LogP contribution in [0.4, 0.5) is 0 Å². The number of rotatable bonds is 7. The summed E-state index contributed by atoms with van der Waals surface area (Å²) < 4.78 is 10.6. The molecule has 18 heavy (non-hydrogen) atoms. The molecule has 0 radical (unpaired) electrons. The summed E-state index contributed by atoms with van der Waals surface area (Å²) in [5.74, 6) is 0.625. The second-order valence-electron chi connectivity index (χ2n) is 3.88. The zero-order valence-electron chi connectivity index (χ0n) is 10.8. The molecule has 0 aromatic heterocycles. The van der Waals surface area contributed by atoms with Gasteiger partial charge in [0.1, 0.15) is 11.9 Å². The Labute approximate surface area is 107 Å². The maximum atomic E-state index is 11.5. The number of carbonyl (C=O) groups is 1. The Hall–Kier alpha value is -1.59. The van der Waals surface area contributed by atoms with Crippen molar-refractivity contribution in [2.24, 2.45) is 5.73 Å². The van der Waals surface area contributed by atoms with Gasteiger partial charge in [0.2, 0.25) is 5.91 Å². The lowest BCUT2D eigenvalue weighted by Gasteiger charge is -2.13. The largest absolute Gasteiger partial charge is 0.497 e. The Balaban J connectivity index is 2.41. The lowest BCUT2D eigenvalue weighted by molar-refractivity contribution is -0.132. The first-order valence-electron chi connectivity index (χ1n) is 5.89. The van der Waals surface area contributed by atoms with Crippen molar-refractivity contribution < 1.29 is 14.3 Å². The molecule has 1 unspecified atom stereocenters. The van der Waals surface area contributed by atoms with Crippen molar-refractivity contribution in [3.05, 3.63) is 29.8 Å². The maximum absolute atomic E-state index is 11.5. The molecule has 3 N–H and O–H groups in total. The van der Waals surface area contributed by atoms with Crippen molar-refractivity contribution >= 4 is 5.91 Å². The molecule has 100 valence electrons. The predicted molar refractivity (Wildman–Crippen MR) is 69.3 cm³/mol. The number of nitrogens with one attached hydrogen (secondary N) is 1. The van der Waals surface area contributed by atoms with Crippen LogP contribution in [-0.2, 0) is 16.1 Å². The van der Waals surface area contributed by atoms with E-state index in [9.17, 15) is 4.79 Å². The molecule has 1 amide bonds. The monoisotopic (exact) mass is 252 g/mol. The summed E-state index contributed by atoms with van der Waals surface area (Å²) in [7, 11) is 1.61. The van der Waals surface area contributed by atoms with E-state index in [1.807, 2.05) is 24.3 Å². The van der Waals surface area contributed by atoms with Gasteiger partial charge in [0.25, 0.3) is 0 Å². The molecule has 1 aromatic carbocycles. The molecule has 0 heterocycles. The summed E-state index contributed by atoms with van der Waals surface area (Å²) in [5, 5.41) is 2.68. The van der Waals surface area contributed by atoms with Gasteiger partial charge in [-0.3, -0.25) is 4.79 Å². The van der Waals surface area contributed by atoms with Crippen LogP contribution in [0, 0.1) is 0 Å². The standard InChI is InChI=1S/C13H20N2O3/c1-10(13(16)15-7-6-14)18-9-11-4-3-5-12(8-11)17-2/h3-5,8,10H,6-7,9,14H2,1-2H3,(H,15,16). The van der Waals surface area contributed by atoms with Gasteiger partial charge >= 0.3 is 0 Å². The normalized spacial score (nSPS) is 11.9. The molecule has 0 saturated carbocycles. The number of benzene rings is 1. The number of hydrogen-bond acceptors (Lipinski definition) is 4. The summed E-state index contributed by atoms with van der Waals surface area (Å²) in [6, 6.07) is 7.55. The van der Waals surface area contributed by atoms with Crippen LogP contribution in [0.15, 0.2) is 24.3 Å². The minimum Gasteiger partial charge on any atom is -0.497 e. The highest BCUT2D eigenvalue weighted by atomic mass is 16.5. The first kappa shape index (κ1) is 14.5. The van der Waals surface area contributed by atoms with Gasteiger partial charge in [-0.1, -0.05) is 12.1 Å². The van der Waals surface area contributed by atoms with Gasteiger partial charge in [-0.05, 0) is 24.6 Å². The molecule has 0 saturated heterocycles. The number of amides is 1. The molecule has 0 aliphatic heterocycles. The molecular formula is C13H20N2O3. The third kappa shape index (κ3) is 4.73. The predicted octanol–water partition coefficient (Wildman–Crippen LogP) is 0.675. The van der Waals surface area contributed by atoms with E-state index in [-0.39, 0.29) is 5.91 Å². The fourth-order valence-corrected chi connectivity index (χ4v) is 1.40. The number of methoxy groups -OCH3 is 1. The van der Waals surface area contributed by atoms with E-state index in [1.165, 1.54) is 0 Å². The van der Waals surface area contributed by atoms with E-state index in [1.54, 1.807) is 14.0 Å². The van der Waals surface area contributed by atoms with Gasteiger partial charge in [0.05, 0.1) is 13.7 Å². The molecule has 0 aliphatic carbocycles. The molecule has 5 nitrogen and oxygen atoms in total. The van der Waals surface area contributed by atoms with E-state index in [0.717, 1.165) is 11.3 Å². The third-order valence-electron chi connectivity index (χ3n) is 2.45. The fourth-order valence-electron chi connectivity index (χ4n) is 1.40. The first-order valence-corrected chi connectivity index (χ1v) is 5.89. The number of carbonyl (C=O) groups excluding carboxylic acids is 1.